The molecule has 1 unspecified atom stereocenters. The van der Waals surface area contributed by atoms with E-state index in [0.29, 0.717) is 30.3 Å². The molecule has 1 aromatic heterocycles. The van der Waals surface area contributed by atoms with Crippen molar-refractivity contribution in [3.63, 3.8) is 0 Å². The van der Waals surface area contributed by atoms with Gasteiger partial charge in [0.15, 0.2) is 0 Å². The van der Waals surface area contributed by atoms with Crippen molar-refractivity contribution in [3.05, 3.63) is 52.4 Å². The Hall–Kier alpha value is -1.41. The molecule has 1 fully saturated rings. The van der Waals surface area contributed by atoms with Crippen LogP contribution in [0, 0.1) is 5.41 Å². The van der Waals surface area contributed by atoms with Crippen molar-refractivity contribution < 1.29 is 13.2 Å². The lowest BCUT2D eigenvalue weighted by atomic mass is 9.82. The smallest absolute Gasteiger partial charge is 0.252 e. The van der Waals surface area contributed by atoms with Gasteiger partial charge in [0.25, 0.3) is 10.0 Å². The SMILES string of the molecule is CC1(C(=O)NCc2ccccc2)CCCN(S(=O)(=O)c2ccc(Cl)s2)C1. The number of hydrogen-bond donors (Lipinski definition) is 1. The summed E-state index contributed by atoms with van der Waals surface area (Å²) in [6, 6.07) is 12.8. The Morgan fingerprint density at radius 2 is 2.00 bits per heavy atom. The summed E-state index contributed by atoms with van der Waals surface area (Å²) in [5, 5.41) is 2.95. The zero-order valence-electron chi connectivity index (χ0n) is 14.4. The first-order valence-electron chi connectivity index (χ1n) is 8.39. The summed E-state index contributed by atoms with van der Waals surface area (Å²) in [4.78, 5) is 12.8. The maximum atomic E-state index is 12.8. The minimum absolute atomic E-state index is 0.120. The molecule has 0 radical (unpaired) electrons. The van der Waals surface area contributed by atoms with Crippen LogP contribution in [0.2, 0.25) is 4.34 Å². The third-order valence-corrected chi connectivity index (χ3v) is 8.19. The van der Waals surface area contributed by atoms with Gasteiger partial charge in [-0.15, -0.1) is 11.3 Å². The molecule has 0 bridgehead atoms. The third kappa shape index (κ3) is 4.11. The zero-order valence-corrected chi connectivity index (χ0v) is 16.8. The lowest BCUT2D eigenvalue weighted by Gasteiger charge is -2.38. The lowest BCUT2D eigenvalue weighted by molar-refractivity contribution is -0.132. The number of halogens is 1. The number of hydrogen-bond acceptors (Lipinski definition) is 4. The molecule has 1 aromatic carbocycles. The Morgan fingerprint density at radius 3 is 2.65 bits per heavy atom. The average Bonchev–Trinajstić information content (AvgIpc) is 3.08. The molecule has 140 valence electrons. The summed E-state index contributed by atoms with van der Waals surface area (Å²) >= 11 is 6.92. The summed E-state index contributed by atoms with van der Waals surface area (Å²) in [7, 11) is -3.63. The number of rotatable bonds is 5. The highest BCUT2D eigenvalue weighted by Crippen LogP contribution is 2.35. The lowest BCUT2D eigenvalue weighted by Crippen LogP contribution is -2.51. The molecule has 1 aliphatic rings. The highest BCUT2D eigenvalue weighted by molar-refractivity contribution is 7.91. The van der Waals surface area contributed by atoms with E-state index >= 15 is 0 Å². The molecule has 26 heavy (non-hydrogen) atoms. The van der Waals surface area contributed by atoms with Gasteiger partial charge in [0, 0.05) is 19.6 Å². The van der Waals surface area contributed by atoms with Gasteiger partial charge >= 0.3 is 0 Å². The van der Waals surface area contributed by atoms with Crippen LogP contribution in [0.25, 0.3) is 0 Å². The highest BCUT2D eigenvalue weighted by atomic mass is 35.5. The van der Waals surface area contributed by atoms with Gasteiger partial charge in [-0.05, 0) is 37.5 Å². The van der Waals surface area contributed by atoms with Gasteiger partial charge in [-0.1, -0.05) is 41.9 Å². The number of benzene rings is 1. The van der Waals surface area contributed by atoms with Crippen LogP contribution in [0.5, 0.6) is 0 Å². The van der Waals surface area contributed by atoms with Gasteiger partial charge in [0.2, 0.25) is 5.91 Å². The number of carbonyl (C=O) groups is 1. The number of nitrogens with zero attached hydrogens (tertiary/aromatic N) is 1. The Kier molecular flexibility index (Phi) is 5.72. The molecule has 0 aliphatic carbocycles. The Balaban J connectivity index is 1.71. The van der Waals surface area contributed by atoms with Crippen LogP contribution in [0.1, 0.15) is 25.3 Å². The van der Waals surface area contributed by atoms with Crippen molar-refractivity contribution in [3.8, 4) is 0 Å². The summed E-state index contributed by atoms with van der Waals surface area (Å²) < 4.78 is 27.7. The standard InChI is InChI=1S/C18H21ClN2O3S2/c1-18(17(22)20-12-14-6-3-2-4-7-14)10-5-11-21(13-18)26(23,24)16-9-8-15(19)25-16/h2-4,6-9H,5,10-13H2,1H3,(H,20,22). The van der Waals surface area contributed by atoms with Crippen LogP contribution in [0.3, 0.4) is 0 Å². The van der Waals surface area contributed by atoms with Crippen molar-refractivity contribution in [1.29, 1.82) is 0 Å². The fourth-order valence-electron chi connectivity index (χ4n) is 3.14. The van der Waals surface area contributed by atoms with E-state index in [-0.39, 0.29) is 16.7 Å². The number of piperidine rings is 1. The van der Waals surface area contributed by atoms with Crippen molar-refractivity contribution in [2.75, 3.05) is 13.1 Å². The van der Waals surface area contributed by atoms with Crippen LogP contribution in [0.15, 0.2) is 46.7 Å². The quantitative estimate of drug-likeness (QED) is 0.817. The highest BCUT2D eigenvalue weighted by Gasteiger charge is 2.42. The van der Waals surface area contributed by atoms with Crippen molar-refractivity contribution in [1.82, 2.24) is 9.62 Å². The Bertz CT molecular complexity index is 883. The van der Waals surface area contributed by atoms with E-state index in [9.17, 15) is 13.2 Å². The first kappa shape index (κ1) is 19.4. The number of amides is 1. The molecule has 3 rings (SSSR count). The third-order valence-electron chi connectivity index (χ3n) is 4.65. The van der Waals surface area contributed by atoms with Crippen LogP contribution in [-0.4, -0.2) is 31.7 Å². The van der Waals surface area contributed by atoms with Gasteiger partial charge in [-0.25, -0.2) is 8.42 Å². The van der Waals surface area contributed by atoms with Crippen LogP contribution < -0.4 is 5.32 Å². The molecule has 2 heterocycles. The van der Waals surface area contributed by atoms with Crippen LogP contribution in [-0.2, 0) is 21.4 Å². The largest absolute Gasteiger partial charge is 0.352 e. The van der Waals surface area contributed by atoms with Crippen molar-refractivity contribution in [2.45, 2.75) is 30.5 Å². The molecule has 0 spiro atoms. The number of sulfonamides is 1. The van der Waals surface area contributed by atoms with Crippen LogP contribution in [0.4, 0.5) is 0 Å². The Morgan fingerprint density at radius 1 is 1.27 bits per heavy atom. The van der Waals surface area contributed by atoms with Gasteiger partial charge in [-0.3, -0.25) is 4.79 Å². The maximum Gasteiger partial charge on any atom is 0.252 e. The zero-order chi connectivity index (χ0) is 18.8. The maximum absolute atomic E-state index is 12.8. The predicted octanol–water partition coefficient (Wildman–Crippen LogP) is 3.51. The van der Waals surface area contributed by atoms with Gasteiger partial charge in [0.1, 0.15) is 4.21 Å². The second-order valence-corrected chi connectivity index (χ2v) is 10.6. The first-order chi connectivity index (χ1) is 12.3. The number of carbonyl (C=O) groups excluding carboxylic acids is 1. The van der Waals surface area contributed by atoms with Crippen LogP contribution >= 0.6 is 22.9 Å². The van der Waals surface area contributed by atoms with Gasteiger partial charge < -0.3 is 5.32 Å². The summed E-state index contributed by atoms with van der Waals surface area (Å²) in [6.07, 6.45) is 1.30. The fourth-order valence-corrected chi connectivity index (χ4v) is 6.38. The van der Waals surface area contributed by atoms with E-state index in [0.717, 1.165) is 16.9 Å². The van der Waals surface area contributed by atoms with Crippen molar-refractivity contribution >= 4 is 38.9 Å². The van der Waals surface area contributed by atoms with E-state index in [1.165, 1.54) is 10.4 Å². The second kappa shape index (κ2) is 7.68. The monoisotopic (exact) mass is 412 g/mol. The molecule has 1 amide bonds. The van der Waals surface area contributed by atoms with E-state index in [2.05, 4.69) is 5.32 Å². The van der Waals surface area contributed by atoms with Crippen molar-refractivity contribution in [2.24, 2.45) is 5.41 Å². The molecule has 8 heteroatoms. The summed E-state index contributed by atoms with van der Waals surface area (Å²) in [5.74, 6) is -0.120. The van der Waals surface area contributed by atoms with E-state index in [1.807, 2.05) is 37.3 Å². The number of nitrogens with one attached hydrogen (secondary N) is 1. The normalized spacial score (nSPS) is 21.5. The molecule has 1 saturated heterocycles. The first-order valence-corrected chi connectivity index (χ1v) is 11.0. The molecule has 1 aliphatic heterocycles. The Labute approximate surface area is 163 Å². The van der Waals surface area contributed by atoms with Gasteiger partial charge in [-0.2, -0.15) is 4.31 Å². The van der Waals surface area contributed by atoms with E-state index in [1.54, 1.807) is 6.07 Å². The van der Waals surface area contributed by atoms with E-state index < -0.39 is 15.4 Å². The minimum atomic E-state index is -3.63. The molecule has 2 aromatic rings. The molecule has 0 saturated carbocycles. The fraction of sp³-hybridized carbons (Fsp3) is 0.389. The second-order valence-electron chi connectivity index (χ2n) is 6.73. The average molecular weight is 413 g/mol. The van der Waals surface area contributed by atoms with Gasteiger partial charge in [0.05, 0.1) is 9.75 Å². The summed E-state index contributed by atoms with van der Waals surface area (Å²) in [5.41, 5.74) is 0.263. The molecule has 1 N–H and O–H groups in total. The number of thiophene rings is 1. The predicted molar refractivity (Wildman–Crippen MR) is 104 cm³/mol. The topological polar surface area (TPSA) is 66.5 Å². The minimum Gasteiger partial charge on any atom is -0.352 e. The molecule has 1 atom stereocenters. The molecular weight excluding hydrogens is 392 g/mol. The molecule has 5 nitrogen and oxygen atoms in total. The molecular formula is C18H21ClN2O3S2. The van der Waals surface area contributed by atoms with E-state index in [4.69, 9.17) is 11.6 Å². The summed E-state index contributed by atoms with van der Waals surface area (Å²) in [6.45, 7) is 2.85.